The van der Waals surface area contributed by atoms with E-state index in [1.165, 1.54) is 17.1 Å². The lowest BCUT2D eigenvalue weighted by atomic mass is 10.2. The number of benzene rings is 2. The van der Waals surface area contributed by atoms with Crippen molar-refractivity contribution in [1.29, 1.82) is 0 Å². The van der Waals surface area contributed by atoms with Crippen molar-refractivity contribution in [2.24, 2.45) is 0 Å². The SMILES string of the molecule is CCC1=CN(c2ccccc2)CN1c1ccccc1. The van der Waals surface area contributed by atoms with Crippen molar-refractivity contribution in [3.05, 3.63) is 72.6 Å². The summed E-state index contributed by atoms with van der Waals surface area (Å²) in [5.41, 5.74) is 3.86. The Morgan fingerprint density at radius 3 is 2.00 bits per heavy atom. The first-order valence-corrected chi connectivity index (χ1v) is 6.73. The van der Waals surface area contributed by atoms with E-state index in [1.807, 2.05) is 0 Å². The molecule has 0 amide bonds. The summed E-state index contributed by atoms with van der Waals surface area (Å²) < 4.78 is 0. The molecule has 0 bridgehead atoms. The number of rotatable bonds is 3. The van der Waals surface area contributed by atoms with E-state index >= 15 is 0 Å². The summed E-state index contributed by atoms with van der Waals surface area (Å²) in [7, 11) is 0. The molecular weight excluding hydrogens is 232 g/mol. The molecule has 0 aliphatic carbocycles. The monoisotopic (exact) mass is 250 g/mol. The molecule has 3 rings (SSSR count). The van der Waals surface area contributed by atoms with Gasteiger partial charge in [0.1, 0.15) is 0 Å². The van der Waals surface area contributed by atoms with Gasteiger partial charge in [-0.05, 0) is 30.7 Å². The highest BCUT2D eigenvalue weighted by molar-refractivity contribution is 5.61. The van der Waals surface area contributed by atoms with Crippen LogP contribution in [0.15, 0.2) is 72.6 Å². The van der Waals surface area contributed by atoms with Crippen LogP contribution in [-0.2, 0) is 0 Å². The van der Waals surface area contributed by atoms with Gasteiger partial charge in [0.15, 0.2) is 0 Å². The minimum atomic E-state index is 0.886. The molecule has 0 aromatic heterocycles. The molecule has 0 unspecified atom stereocenters. The van der Waals surface area contributed by atoms with Crippen molar-refractivity contribution >= 4 is 11.4 Å². The molecule has 0 radical (unpaired) electrons. The highest BCUT2D eigenvalue weighted by Crippen LogP contribution is 2.29. The Balaban J connectivity index is 1.89. The van der Waals surface area contributed by atoms with Gasteiger partial charge in [-0.3, -0.25) is 0 Å². The minimum Gasteiger partial charge on any atom is -0.328 e. The molecule has 0 fully saturated rings. The van der Waals surface area contributed by atoms with Crippen molar-refractivity contribution < 1.29 is 0 Å². The quantitative estimate of drug-likeness (QED) is 0.804. The summed E-state index contributed by atoms with van der Waals surface area (Å²) in [6.45, 7) is 3.09. The summed E-state index contributed by atoms with van der Waals surface area (Å²) >= 11 is 0. The van der Waals surface area contributed by atoms with E-state index in [1.54, 1.807) is 0 Å². The van der Waals surface area contributed by atoms with Crippen LogP contribution in [0.5, 0.6) is 0 Å². The van der Waals surface area contributed by atoms with Gasteiger partial charge in [0, 0.05) is 23.3 Å². The highest BCUT2D eigenvalue weighted by Gasteiger charge is 2.21. The molecule has 0 atom stereocenters. The second-order valence-electron chi connectivity index (χ2n) is 4.68. The van der Waals surface area contributed by atoms with Crippen LogP contribution >= 0.6 is 0 Å². The molecular formula is C17H18N2. The lowest BCUT2D eigenvalue weighted by Gasteiger charge is -2.23. The van der Waals surface area contributed by atoms with Crippen LogP contribution in [0.25, 0.3) is 0 Å². The first kappa shape index (κ1) is 11.8. The van der Waals surface area contributed by atoms with Gasteiger partial charge >= 0.3 is 0 Å². The van der Waals surface area contributed by atoms with Crippen molar-refractivity contribution in [2.45, 2.75) is 13.3 Å². The maximum atomic E-state index is 2.37. The number of anilines is 2. The largest absolute Gasteiger partial charge is 0.328 e. The number of hydrogen-bond acceptors (Lipinski definition) is 2. The average molecular weight is 250 g/mol. The average Bonchev–Trinajstić information content (AvgIpc) is 2.93. The standard InChI is InChI=1S/C17H18N2/c1-2-15-13-18(16-9-5-3-6-10-16)14-19(15)17-11-7-4-8-12-17/h3-13H,2,14H2,1H3. The summed E-state index contributed by atoms with van der Waals surface area (Å²) in [5.74, 6) is 0. The molecule has 2 aromatic rings. The molecule has 1 aliphatic rings. The van der Waals surface area contributed by atoms with Crippen LogP contribution in [0.4, 0.5) is 11.4 Å². The number of nitrogens with zero attached hydrogens (tertiary/aromatic N) is 2. The molecule has 0 saturated heterocycles. The van der Waals surface area contributed by atoms with Crippen LogP contribution in [0.1, 0.15) is 13.3 Å². The third kappa shape index (κ3) is 2.34. The number of hydrogen-bond donors (Lipinski definition) is 0. The van der Waals surface area contributed by atoms with Crippen LogP contribution in [0.2, 0.25) is 0 Å². The predicted molar refractivity (Wildman–Crippen MR) is 81.1 cm³/mol. The van der Waals surface area contributed by atoms with Gasteiger partial charge in [0.05, 0.1) is 6.67 Å². The molecule has 96 valence electrons. The van der Waals surface area contributed by atoms with E-state index in [-0.39, 0.29) is 0 Å². The van der Waals surface area contributed by atoms with Crippen LogP contribution in [0, 0.1) is 0 Å². The fraction of sp³-hybridized carbons (Fsp3) is 0.176. The molecule has 1 heterocycles. The smallest absolute Gasteiger partial charge is 0.0992 e. The summed E-state index contributed by atoms with van der Waals surface area (Å²) in [5, 5.41) is 0. The van der Waals surface area contributed by atoms with Crippen molar-refractivity contribution in [2.75, 3.05) is 16.5 Å². The van der Waals surface area contributed by atoms with Crippen molar-refractivity contribution in [1.82, 2.24) is 0 Å². The van der Waals surface area contributed by atoms with Gasteiger partial charge in [-0.15, -0.1) is 0 Å². The summed E-state index contributed by atoms with van der Waals surface area (Å²) in [4.78, 5) is 4.67. The van der Waals surface area contributed by atoms with Crippen molar-refractivity contribution in [3.63, 3.8) is 0 Å². The third-order valence-corrected chi connectivity index (χ3v) is 3.46. The summed E-state index contributed by atoms with van der Waals surface area (Å²) in [6.07, 6.45) is 3.29. The second-order valence-corrected chi connectivity index (χ2v) is 4.68. The van der Waals surface area contributed by atoms with E-state index < -0.39 is 0 Å². The summed E-state index contributed by atoms with van der Waals surface area (Å²) in [6, 6.07) is 21.1. The fourth-order valence-corrected chi connectivity index (χ4v) is 2.45. The topological polar surface area (TPSA) is 6.48 Å². The molecule has 19 heavy (non-hydrogen) atoms. The van der Waals surface area contributed by atoms with E-state index in [9.17, 15) is 0 Å². The molecule has 2 aromatic carbocycles. The van der Waals surface area contributed by atoms with Crippen LogP contribution in [-0.4, -0.2) is 6.67 Å². The Morgan fingerprint density at radius 1 is 0.842 bits per heavy atom. The molecule has 0 N–H and O–H groups in total. The molecule has 2 nitrogen and oxygen atoms in total. The lowest BCUT2D eigenvalue weighted by Crippen LogP contribution is -2.26. The lowest BCUT2D eigenvalue weighted by molar-refractivity contribution is 0.916. The Hall–Kier alpha value is -2.22. The van der Waals surface area contributed by atoms with Gasteiger partial charge in [-0.1, -0.05) is 43.3 Å². The van der Waals surface area contributed by atoms with Crippen molar-refractivity contribution in [3.8, 4) is 0 Å². The van der Waals surface area contributed by atoms with E-state index in [0.29, 0.717) is 0 Å². The first-order valence-electron chi connectivity index (χ1n) is 6.73. The normalized spacial score (nSPS) is 14.7. The van der Waals surface area contributed by atoms with E-state index in [2.05, 4.69) is 83.6 Å². The molecule has 0 saturated carbocycles. The van der Waals surface area contributed by atoms with E-state index in [0.717, 1.165) is 13.1 Å². The first-order chi connectivity index (χ1) is 9.38. The van der Waals surface area contributed by atoms with Gasteiger partial charge in [0.2, 0.25) is 0 Å². The zero-order chi connectivity index (χ0) is 13.1. The van der Waals surface area contributed by atoms with Gasteiger partial charge < -0.3 is 9.80 Å². The predicted octanol–water partition coefficient (Wildman–Crippen LogP) is 4.22. The van der Waals surface area contributed by atoms with Crippen LogP contribution in [0.3, 0.4) is 0 Å². The fourth-order valence-electron chi connectivity index (χ4n) is 2.45. The Bertz CT molecular complexity index is 560. The van der Waals surface area contributed by atoms with Crippen LogP contribution < -0.4 is 9.80 Å². The van der Waals surface area contributed by atoms with Gasteiger partial charge in [-0.2, -0.15) is 0 Å². The second kappa shape index (κ2) is 5.19. The zero-order valence-electron chi connectivity index (χ0n) is 11.2. The van der Waals surface area contributed by atoms with Gasteiger partial charge in [-0.25, -0.2) is 0 Å². The van der Waals surface area contributed by atoms with E-state index in [4.69, 9.17) is 0 Å². The Morgan fingerprint density at radius 2 is 1.42 bits per heavy atom. The van der Waals surface area contributed by atoms with Gasteiger partial charge in [0.25, 0.3) is 0 Å². The zero-order valence-corrected chi connectivity index (χ0v) is 11.2. The molecule has 0 spiro atoms. The minimum absolute atomic E-state index is 0.886. The Labute approximate surface area is 114 Å². The number of para-hydroxylation sites is 2. The molecule has 1 aliphatic heterocycles. The maximum Gasteiger partial charge on any atom is 0.0992 e. The third-order valence-electron chi connectivity index (χ3n) is 3.46. The Kier molecular flexibility index (Phi) is 3.23. The number of allylic oxidation sites excluding steroid dienone is 1. The highest BCUT2D eigenvalue weighted by atomic mass is 15.4. The molecule has 2 heteroatoms. The maximum absolute atomic E-state index is 2.37.